The number of hydrogen-bond acceptors (Lipinski definition) is 4. The quantitative estimate of drug-likeness (QED) is 0.282. The van der Waals surface area contributed by atoms with Crippen LogP contribution in [0.25, 0.3) is 16.3 Å². The predicted molar refractivity (Wildman–Crippen MR) is 81.2 cm³/mol. The van der Waals surface area contributed by atoms with Gasteiger partial charge in [-0.3, -0.25) is 0 Å². The Kier molecular flexibility index (Phi) is 4.97. The Labute approximate surface area is 137 Å². The van der Waals surface area contributed by atoms with E-state index in [1.54, 1.807) is 0 Å². The molecule has 2 heterocycles. The van der Waals surface area contributed by atoms with Crippen molar-refractivity contribution in [3.05, 3.63) is 57.9 Å². The van der Waals surface area contributed by atoms with Crippen molar-refractivity contribution in [2.24, 2.45) is 0 Å². The summed E-state index contributed by atoms with van der Waals surface area (Å²) in [5.41, 5.74) is 2.62. The van der Waals surface area contributed by atoms with Crippen LogP contribution in [0.15, 0.2) is 48.8 Å². The maximum atomic E-state index is 8.83. The van der Waals surface area contributed by atoms with Gasteiger partial charge in [0.2, 0.25) is 5.52 Å². The van der Waals surface area contributed by atoms with Gasteiger partial charge in [-0.1, -0.05) is 0 Å². The number of aromatic nitrogens is 1. The number of pyridine rings is 2. The van der Waals surface area contributed by atoms with Gasteiger partial charge >= 0.3 is 28.9 Å². The van der Waals surface area contributed by atoms with Crippen LogP contribution >= 0.6 is 22.6 Å². The predicted octanol–water partition coefficient (Wildman–Crippen LogP) is 0.632. The molecule has 0 aliphatic carbocycles. The van der Waals surface area contributed by atoms with Crippen LogP contribution < -0.4 is 9.06 Å². The van der Waals surface area contributed by atoms with E-state index in [9.17, 15) is 0 Å². The van der Waals surface area contributed by atoms with Gasteiger partial charge in [0.15, 0.2) is 12.4 Å². The zero-order valence-electron chi connectivity index (χ0n) is 11.1. The molecule has 0 bridgehead atoms. The van der Waals surface area contributed by atoms with Crippen LogP contribution in [0.4, 0.5) is 0 Å². The number of hydrogen-bond donors (Lipinski definition) is 3. The summed E-state index contributed by atoms with van der Waals surface area (Å²) in [7, 11) is -4.19. The topological polar surface area (TPSA) is 87.9 Å². The normalized spacial score (nSPS) is 12.1. The van der Waals surface area contributed by atoms with Crippen molar-refractivity contribution >= 4 is 38.9 Å². The summed E-state index contributed by atoms with van der Waals surface area (Å²) in [5, 5.41) is 2.64. The van der Waals surface area contributed by atoms with Crippen LogP contribution in [0.2, 0.25) is 0 Å². The van der Waals surface area contributed by atoms with Gasteiger partial charge in [0.05, 0.1) is 0 Å². The van der Waals surface area contributed by atoms with Crippen molar-refractivity contribution in [3.8, 4) is 0 Å². The Morgan fingerprint density at radius 1 is 1.14 bits per heavy atom. The fourth-order valence-corrected chi connectivity index (χ4v) is 2.63. The molecule has 1 aromatic carbocycles. The molecule has 0 aliphatic rings. The number of halogens is 2. The van der Waals surface area contributed by atoms with Gasteiger partial charge in [0.25, 0.3) is 0 Å². The summed E-state index contributed by atoms with van der Waals surface area (Å²) in [6.45, 7) is 2.19. The van der Waals surface area contributed by atoms with Crippen molar-refractivity contribution in [1.29, 1.82) is 0 Å². The summed E-state index contributed by atoms with van der Waals surface area (Å²) < 4.78 is 33.7. The Balaban J connectivity index is 0.000000282. The first-order valence-corrected chi connectivity index (χ1v) is 8.31. The number of benzene rings is 1. The second-order valence-electron chi connectivity index (χ2n) is 4.41. The molecule has 0 saturated heterocycles. The van der Waals surface area contributed by atoms with Gasteiger partial charge in [-0.25, -0.2) is 0 Å². The molecule has 0 saturated carbocycles. The molecule has 3 rings (SSSR count). The Morgan fingerprint density at radius 2 is 1.81 bits per heavy atom. The fourth-order valence-electron chi connectivity index (χ4n) is 2.14. The molecule has 3 N–H and O–H groups in total. The molecule has 0 spiro atoms. The molecule has 2 aromatic heterocycles. The third-order valence-corrected chi connectivity index (χ3v) is 3.64. The maximum absolute atomic E-state index is 8.83. The van der Waals surface area contributed by atoms with Gasteiger partial charge in [0, 0.05) is 26.7 Å². The minimum absolute atomic E-state index is 1.28. The van der Waals surface area contributed by atoms with Gasteiger partial charge in [0.1, 0.15) is 0 Å². The first-order chi connectivity index (χ1) is 9.75. The third-order valence-electron chi connectivity index (χ3n) is 2.97. The van der Waals surface area contributed by atoms with E-state index in [4.69, 9.17) is 18.6 Å². The Bertz CT molecular complexity index is 783. The second-order valence-corrected chi connectivity index (χ2v) is 6.53. The van der Waals surface area contributed by atoms with E-state index in [0.717, 1.165) is 0 Å². The van der Waals surface area contributed by atoms with Crippen molar-refractivity contribution in [3.63, 3.8) is 0 Å². The molecular formula is C14H14ClINO4+. The molecule has 112 valence electrons. The van der Waals surface area contributed by atoms with Crippen molar-refractivity contribution in [1.82, 2.24) is 0 Å². The molecule has 0 fully saturated rings. The zero-order chi connectivity index (χ0) is 15.6. The molecular weight excluding hydrogens is 409 g/mol. The summed E-state index contributed by atoms with van der Waals surface area (Å²) in [4.78, 5) is 0. The van der Waals surface area contributed by atoms with Crippen molar-refractivity contribution < 1.29 is 33.3 Å². The van der Waals surface area contributed by atoms with Crippen molar-refractivity contribution in [2.75, 3.05) is 0 Å². The number of aryl methyl sites for hydroxylation is 1. The summed E-state index contributed by atoms with van der Waals surface area (Å²) >= 11 is 2.36. The van der Waals surface area contributed by atoms with Gasteiger partial charge < -0.3 is 0 Å². The monoisotopic (exact) mass is 422 g/mol. The summed E-state index contributed by atoms with van der Waals surface area (Å²) in [5.74, 6) is 0. The van der Waals surface area contributed by atoms with E-state index < -0.39 is 10.2 Å². The second kappa shape index (κ2) is 6.39. The molecule has 0 amide bonds. The van der Waals surface area contributed by atoms with E-state index >= 15 is 0 Å². The SMILES string of the molecule is Cc1c2cc(I)ccc2c[n+]2ccccc12.[O-][Cl+](O)(O)O. The van der Waals surface area contributed by atoms with Crippen LogP contribution in [0, 0.1) is 20.7 Å². The first kappa shape index (κ1) is 16.3. The fraction of sp³-hybridized carbons (Fsp3) is 0.0714. The van der Waals surface area contributed by atoms with E-state index in [1.165, 1.54) is 25.4 Å². The van der Waals surface area contributed by atoms with E-state index in [-0.39, 0.29) is 0 Å². The Morgan fingerprint density at radius 3 is 2.48 bits per heavy atom. The van der Waals surface area contributed by atoms with Crippen LogP contribution in [0.5, 0.6) is 0 Å². The number of nitrogens with zero attached hydrogens (tertiary/aromatic N) is 1. The van der Waals surface area contributed by atoms with Gasteiger partial charge in [-0.05, 0) is 59.2 Å². The molecule has 0 unspecified atom stereocenters. The summed E-state index contributed by atoms with van der Waals surface area (Å²) in [6, 6.07) is 12.9. The molecule has 5 nitrogen and oxygen atoms in total. The average molecular weight is 423 g/mol. The molecule has 0 atom stereocenters. The molecule has 0 radical (unpaired) electrons. The average Bonchev–Trinajstić information content (AvgIpc) is 2.38. The number of fused-ring (bicyclic) bond motifs is 2. The van der Waals surface area contributed by atoms with Crippen LogP contribution in [-0.4, -0.2) is 14.0 Å². The molecule has 0 aliphatic heterocycles. The molecule has 3 aromatic rings. The van der Waals surface area contributed by atoms with Gasteiger partial charge in [-0.2, -0.15) is 4.40 Å². The van der Waals surface area contributed by atoms with Crippen LogP contribution in [0.3, 0.4) is 0 Å². The summed E-state index contributed by atoms with van der Waals surface area (Å²) in [6.07, 6.45) is 4.29. The standard InChI is InChI=1S/C14H11IN.ClH3O4/c1-10-13-8-12(15)6-5-11(13)9-16-7-3-2-4-14(10)16;2-1(3,4)5/h2-9H,1H3;2-4H/q+1;. The van der Waals surface area contributed by atoms with Crippen LogP contribution in [0.1, 0.15) is 5.56 Å². The number of rotatable bonds is 0. The van der Waals surface area contributed by atoms with Crippen molar-refractivity contribution in [2.45, 2.75) is 6.92 Å². The third kappa shape index (κ3) is 4.47. The first-order valence-electron chi connectivity index (χ1n) is 5.91. The zero-order valence-corrected chi connectivity index (χ0v) is 14.0. The van der Waals surface area contributed by atoms with Gasteiger partial charge in [-0.15, -0.1) is 0 Å². The van der Waals surface area contributed by atoms with E-state index in [2.05, 4.69) is 82.7 Å². The molecule has 7 heteroatoms. The van der Waals surface area contributed by atoms with Crippen LogP contribution in [-0.2, 0) is 0 Å². The Hall–Kier alpha value is -1.03. The molecule has 21 heavy (non-hydrogen) atoms. The van der Waals surface area contributed by atoms with E-state index in [0.29, 0.717) is 0 Å². The minimum atomic E-state index is -4.19. The van der Waals surface area contributed by atoms with E-state index in [1.807, 2.05) is 0 Å².